The molecule has 0 saturated heterocycles. The number of carbonyl (C=O) groups excluding carboxylic acids is 2. The number of methoxy groups -OCH3 is 1. The van der Waals surface area contributed by atoms with Crippen LogP contribution in [0.1, 0.15) is 29.1 Å². The van der Waals surface area contributed by atoms with Gasteiger partial charge in [0.15, 0.2) is 10.3 Å². The van der Waals surface area contributed by atoms with Gasteiger partial charge in [-0.2, -0.15) is 0 Å². The number of fused-ring (bicyclic) bond motifs is 1. The van der Waals surface area contributed by atoms with E-state index in [2.05, 4.69) is 25.3 Å². The lowest BCUT2D eigenvalue weighted by Crippen LogP contribution is -2.15. The SMILES string of the molecule is COC(=O)Nc1nc(CC(=O)Nc2nc3c(s2)CCCC3)cs1. The second kappa shape index (κ2) is 7.05. The van der Waals surface area contributed by atoms with Crippen LogP contribution in [-0.4, -0.2) is 29.1 Å². The second-order valence-corrected chi connectivity index (χ2v) is 7.02. The molecule has 9 heteroatoms. The van der Waals surface area contributed by atoms with Crippen LogP contribution in [0.25, 0.3) is 0 Å². The normalized spacial score (nSPS) is 13.3. The lowest BCUT2D eigenvalue weighted by Gasteiger charge is -2.06. The fourth-order valence-corrected chi connectivity index (χ4v) is 4.08. The van der Waals surface area contributed by atoms with Gasteiger partial charge in [0.25, 0.3) is 0 Å². The second-order valence-electron chi connectivity index (χ2n) is 5.08. The van der Waals surface area contributed by atoms with Crippen molar-refractivity contribution in [2.24, 2.45) is 0 Å². The maximum absolute atomic E-state index is 12.1. The average molecular weight is 352 g/mol. The fraction of sp³-hybridized carbons (Fsp3) is 0.429. The molecule has 0 aliphatic heterocycles. The summed E-state index contributed by atoms with van der Waals surface area (Å²) in [6, 6.07) is 0. The molecule has 0 spiro atoms. The number of amides is 2. The van der Waals surface area contributed by atoms with Crippen molar-refractivity contribution in [3.63, 3.8) is 0 Å². The van der Waals surface area contributed by atoms with Gasteiger partial charge in [0, 0.05) is 10.3 Å². The van der Waals surface area contributed by atoms with Gasteiger partial charge in [-0.3, -0.25) is 10.1 Å². The first-order chi connectivity index (χ1) is 11.1. The van der Waals surface area contributed by atoms with E-state index < -0.39 is 6.09 Å². The van der Waals surface area contributed by atoms with Gasteiger partial charge in [-0.15, -0.1) is 22.7 Å². The minimum absolute atomic E-state index is 0.142. The highest BCUT2D eigenvalue weighted by atomic mass is 32.1. The smallest absolute Gasteiger partial charge is 0.413 e. The number of aryl methyl sites for hydroxylation is 2. The summed E-state index contributed by atoms with van der Waals surface area (Å²) >= 11 is 2.80. The van der Waals surface area contributed by atoms with E-state index in [4.69, 9.17) is 0 Å². The molecule has 0 saturated carbocycles. The first kappa shape index (κ1) is 15.9. The lowest BCUT2D eigenvalue weighted by molar-refractivity contribution is -0.115. The van der Waals surface area contributed by atoms with Gasteiger partial charge in [0.1, 0.15) is 0 Å². The Hall–Kier alpha value is -2.00. The zero-order chi connectivity index (χ0) is 16.2. The molecule has 2 N–H and O–H groups in total. The van der Waals surface area contributed by atoms with Crippen molar-refractivity contribution in [2.75, 3.05) is 17.7 Å². The largest absolute Gasteiger partial charge is 0.453 e. The van der Waals surface area contributed by atoms with E-state index in [-0.39, 0.29) is 12.3 Å². The molecule has 0 unspecified atom stereocenters. The van der Waals surface area contributed by atoms with Crippen LogP contribution in [0.4, 0.5) is 15.1 Å². The van der Waals surface area contributed by atoms with Gasteiger partial charge >= 0.3 is 6.09 Å². The summed E-state index contributed by atoms with van der Waals surface area (Å²) in [7, 11) is 1.28. The number of anilines is 2. The van der Waals surface area contributed by atoms with Gasteiger partial charge in [0.2, 0.25) is 5.91 Å². The Bertz CT molecular complexity index is 702. The monoisotopic (exact) mass is 352 g/mol. The number of nitrogens with zero attached hydrogens (tertiary/aromatic N) is 2. The fourth-order valence-electron chi connectivity index (χ4n) is 2.32. The predicted molar refractivity (Wildman–Crippen MR) is 89.2 cm³/mol. The molecule has 0 fully saturated rings. The lowest BCUT2D eigenvalue weighted by atomic mass is 10.0. The van der Waals surface area contributed by atoms with Crippen molar-refractivity contribution in [1.82, 2.24) is 9.97 Å². The zero-order valence-corrected chi connectivity index (χ0v) is 14.2. The van der Waals surface area contributed by atoms with E-state index in [1.54, 1.807) is 16.7 Å². The standard InChI is InChI=1S/C14H16N4O3S2/c1-21-14(20)18-12-15-8(7-22-12)6-11(19)17-13-16-9-4-2-3-5-10(9)23-13/h7H,2-6H2,1H3,(H,15,18,20)(H,16,17,19). The highest BCUT2D eigenvalue weighted by Gasteiger charge is 2.17. The van der Waals surface area contributed by atoms with Crippen LogP contribution in [0.3, 0.4) is 0 Å². The van der Waals surface area contributed by atoms with Crippen molar-refractivity contribution < 1.29 is 14.3 Å². The zero-order valence-electron chi connectivity index (χ0n) is 12.5. The molecule has 122 valence electrons. The molecule has 0 bridgehead atoms. The molecule has 2 heterocycles. The Kier molecular flexibility index (Phi) is 4.87. The van der Waals surface area contributed by atoms with Crippen molar-refractivity contribution in [2.45, 2.75) is 32.1 Å². The van der Waals surface area contributed by atoms with Crippen LogP contribution >= 0.6 is 22.7 Å². The maximum atomic E-state index is 12.1. The Morgan fingerprint density at radius 1 is 1.22 bits per heavy atom. The van der Waals surface area contributed by atoms with Crippen LogP contribution in [-0.2, 0) is 28.8 Å². The van der Waals surface area contributed by atoms with E-state index in [1.165, 1.54) is 36.2 Å². The Balaban J connectivity index is 1.57. The molecule has 7 nitrogen and oxygen atoms in total. The summed E-state index contributed by atoms with van der Waals surface area (Å²) in [5.41, 5.74) is 1.72. The quantitative estimate of drug-likeness (QED) is 0.882. The van der Waals surface area contributed by atoms with E-state index in [9.17, 15) is 9.59 Å². The topological polar surface area (TPSA) is 93.2 Å². The number of aromatic nitrogens is 2. The molecule has 3 rings (SSSR count). The summed E-state index contributed by atoms with van der Waals surface area (Å²) in [6.45, 7) is 0. The third kappa shape index (κ3) is 4.05. The van der Waals surface area contributed by atoms with E-state index in [0.29, 0.717) is 16.0 Å². The highest BCUT2D eigenvalue weighted by molar-refractivity contribution is 7.16. The number of thiazole rings is 2. The van der Waals surface area contributed by atoms with Crippen molar-refractivity contribution in [1.29, 1.82) is 0 Å². The molecule has 2 amide bonds. The molecule has 2 aromatic heterocycles. The molecule has 2 aromatic rings. The molecule has 0 aromatic carbocycles. The Labute approximate surface area is 141 Å². The van der Waals surface area contributed by atoms with Crippen LogP contribution in [0.5, 0.6) is 0 Å². The first-order valence-corrected chi connectivity index (χ1v) is 8.91. The number of rotatable bonds is 4. The van der Waals surface area contributed by atoms with Gasteiger partial charge in [-0.25, -0.2) is 14.8 Å². The highest BCUT2D eigenvalue weighted by Crippen LogP contribution is 2.29. The summed E-state index contributed by atoms with van der Waals surface area (Å²) < 4.78 is 4.49. The van der Waals surface area contributed by atoms with Crippen molar-refractivity contribution in [3.05, 3.63) is 21.6 Å². The third-order valence-corrected chi connectivity index (χ3v) is 5.26. The Morgan fingerprint density at radius 3 is 2.83 bits per heavy atom. The van der Waals surface area contributed by atoms with Gasteiger partial charge in [-0.05, 0) is 25.7 Å². The molecule has 1 aliphatic carbocycles. The number of ether oxygens (including phenoxy) is 1. The molecule has 23 heavy (non-hydrogen) atoms. The van der Waals surface area contributed by atoms with Crippen LogP contribution in [0, 0.1) is 0 Å². The van der Waals surface area contributed by atoms with E-state index in [1.807, 2.05) is 0 Å². The number of hydrogen-bond donors (Lipinski definition) is 2. The van der Waals surface area contributed by atoms with Crippen molar-refractivity contribution >= 4 is 44.9 Å². The molecule has 0 radical (unpaired) electrons. The van der Waals surface area contributed by atoms with Crippen LogP contribution in [0.2, 0.25) is 0 Å². The van der Waals surface area contributed by atoms with Gasteiger partial charge in [-0.1, -0.05) is 0 Å². The summed E-state index contributed by atoms with van der Waals surface area (Å²) in [6.07, 6.45) is 3.97. The van der Waals surface area contributed by atoms with Crippen LogP contribution < -0.4 is 10.6 Å². The summed E-state index contributed by atoms with van der Waals surface area (Å²) in [4.78, 5) is 33.1. The van der Waals surface area contributed by atoms with E-state index >= 15 is 0 Å². The van der Waals surface area contributed by atoms with Crippen LogP contribution in [0.15, 0.2) is 5.38 Å². The average Bonchev–Trinajstić information content (AvgIpc) is 3.12. The molecular weight excluding hydrogens is 336 g/mol. The van der Waals surface area contributed by atoms with Crippen molar-refractivity contribution in [3.8, 4) is 0 Å². The Morgan fingerprint density at radius 2 is 2.04 bits per heavy atom. The molecular formula is C14H16N4O3S2. The maximum Gasteiger partial charge on any atom is 0.413 e. The molecule has 1 aliphatic rings. The number of nitrogens with one attached hydrogen (secondary N) is 2. The number of carbonyl (C=O) groups is 2. The third-order valence-electron chi connectivity index (χ3n) is 3.38. The first-order valence-electron chi connectivity index (χ1n) is 7.22. The summed E-state index contributed by atoms with van der Waals surface area (Å²) in [5.74, 6) is -0.161. The minimum Gasteiger partial charge on any atom is -0.453 e. The minimum atomic E-state index is -0.580. The predicted octanol–water partition coefficient (Wildman–Crippen LogP) is 2.84. The summed E-state index contributed by atoms with van der Waals surface area (Å²) in [5, 5.41) is 8.10. The van der Waals surface area contributed by atoms with Gasteiger partial charge < -0.3 is 10.1 Å². The van der Waals surface area contributed by atoms with Gasteiger partial charge in [0.05, 0.1) is 24.9 Å². The van der Waals surface area contributed by atoms with E-state index in [0.717, 1.165) is 18.5 Å². The number of hydrogen-bond acceptors (Lipinski definition) is 7. The molecule has 0 atom stereocenters.